The van der Waals surface area contributed by atoms with E-state index < -0.39 is 5.82 Å². The molecular weight excluding hydrogens is 229 g/mol. The van der Waals surface area contributed by atoms with Gasteiger partial charge in [-0.15, -0.1) is 11.3 Å². The van der Waals surface area contributed by atoms with Gasteiger partial charge in [0, 0.05) is 11.3 Å². The second-order valence-corrected chi connectivity index (χ2v) is 4.09. The maximum Gasteiger partial charge on any atom is 0.255 e. The van der Waals surface area contributed by atoms with Crippen molar-refractivity contribution in [1.82, 2.24) is 9.97 Å². The van der Waals surface area contributed by atoms with E-state index in [1.807, 2.05) is 17.5 Å². The molecule has 2 aromatic heterocycles. The summed E-state index contributed by atoms with van der Waals surface area (Å²) in [6.07, 6.45) is 1.73. The summed E-state index contributed by atoms with van der Waals surface area (Å²) in [7, 11) is 0. The van der Waals surface area contributed by atoms with Crippen LogP contribution < -0.4 is 10.5 Å². The van der Waals surface area contributed by atoms with Gasteiger partial charge in [-0.2, -0.15) is 9.37 Å². The zero-order valence-corrected chi connectivity index (χ0v) is 9.21. The van der Waals surface area contributed by atoms with Gasteiger partial charge in [-0.3, -0.25) is 0 Å². The first kappa shape index (κ1) is 10.8. The largest absolute Gasteiger partial charge is 0.475 e. The van der Waals surface area contributed by atoms with E-state index >= 15 is 0 Å². The van der Waals surface area contributed by atoms with E-state index in [-0.39, 0.29) is 11.8 Å². The number of ether oxygens (including phenoxy) is 1. The molecule has 0 aromatic carbocycles. The number of hydrogen-bond acceptors (Lipinski definition) is 5. The number of thiophene rings is 1. The number of nitrogens with two attached hydrogens (primary N) is 1. The molecule has 0 saturated carbocycles. The fourth-order valence-corrected chi connectivity index (χ4v) is 1.86. The lowest BCUT2D eigenvalue weighted by molar-refractivity contribution is 0.292. The summed E-state index contributed by atoms with van der Waals surface area (Å²) in [5.41, 5.74) is 5.33. The minimum atomic E-state index is -0.597. The Morgan fingerprint density at radius 1 is 1.50 bits per heavy atom. The zero-order chi connectivity index (χ0) is 11.4. The van der Waals surface area contributed by atoms with Crippen LogP contribution >= 0.6 is 11.3 Å². The monoisotopic (exact) mass is 239 g/mol. The van der Waals surface area contributed by atoms with E-state index in [2.05, 4.69) is 9.97 Å². The molecule has 0 aliphatic carbocycles. The lowest BCUT2D eigenvalue weighted by Crippen LogP contribution is -2.06. The van der Waals surface area contributed by atoms with Crippen molar-refractivity contribution in [2.45, 2.75) is 6.42 Å². The fourth-order valence-electron chi connectivity index (χ4n) is 1.17. The summed E-state index contributed by atoms with van der Waals surface area (Å²) < 4.78 is 18.3. The number of halogens is 1. The van der Waals surface area contributed by atoms with Crippen LogP contribution in [-0.2, 0) is 6.42 Å². The van der Waals surface area contributed by atoms with Crippen LogP contribution in [0.2, 0.25) is 0 Å². The molecule has 0 aliphatic rings. The van der Waals surface area contributed by atoms with Gasteiger partial charge in [0.2, 0.25) is 11.8 Å². The van der Waals surface area contributed by atoms with Crippen LogP contribution in [0.4, 0.5) is 10.3 Å². The van der Waals surface area contributed by atoms with E-state index in [0.717, 1.165) is 12.6 Å². The Kier molecular flexibility index (Phi) is 3.31. The molecule has 2 N–H and O–H groups in total. The highest BCUT2D eigenvalue weighted by atomic mass is 32.1. The first-order valence-electron chi connectivity index (χ1n) is 4.69. The van der Waals surface area contributed by atoms with Gasteiger partial charge >= 0.3 is 0 Å². The van der Waals surface area contributed by atoms with Crippen LogP contribution in [0.1, 0.15) is 4.88 Å². The molecule has 0 atom stereocenters. The van der Waals surface area contributed by atoms with E-state index in [1.165, 1.54) is 4.88 Å². The maximum atomic E-state index is 13.1. The molecule has 0 unspecified atom stereocenters. The normalized spacial score (nSPS) is 10.3. The van der Waals surface area contributed by atoms with E-state index in [1.54, 1.807) is 11.3 Å². The summed E-state index contributed by atoms with van der Waals surface area (Å²) >= 11 is 1.63. The van der Waals surface area contributed by atoms with Crippen molar-refractivity contribution in [2.75, 3.05) is 12.3 Å². The van der Waals surface area contributed by atoms with Gasteiger partial charge in [0.15, 0.2) is 0 Å². The van der Waals surface area contributed by atoms with Crippen molar-refractivity contribution in [3.05, 3.63) is 34.4 Å². The molecule has 2 rings (SSSR count). The SMILES string of the molecule is Nc1ncc(F)c(OCCc2cccs2)n1. The second kappa shape index (κ2) is 4.89. The van der Waals surface area contributed by atoms with Gasteiger partial charge in [-0.25, -0.2) is 4.98 Å². The third-order valence-corrected chi connectivity index (χ3v) is 2.83. The highest BCUT2D eigenvalue weighted by molar-refractivity contribution is 7.09. The third kappa shape index (κ3) is 2.66. The van der Waals surface area contributed by atoms with Crippen molar-refractivity contribution in [2.24, 2.45) is 0 Å². The average Bonchev–Trinajstić information content (AvgIpc) is 2.76. The van der Waals surface area contributed by atoms with Crippen LogP contribution in [-0.4, -0.2) is 16.6 Å². The zero-order valence-electron chi connectivity index (χ0n) is 8.39. The lowest BCUT2D eigenvalue weighted by Gasteiger charge is -2.05. The Balaban J connectivity index is 1.92. The predicted octanol–water partition coefficient (Wildman–Crippen LogP) is 1.88. The first-order valence-corrected chi connectivity index (χ1v) is 5.57. The number of rotatable bonds is 4. The number of hydrogen-bond donors (Lipinski definition) is 1. The van der Waals surface area contributed by atoms with Crippen molar-refractivity contribution in [3.8, 4) is 5.88 Å². The fraction of sp³-hybridized carbons (Fsp3) is 0.200. The molecule has 6 heteroatoms. The van der Waals surface area contributed by atoms with Crippen LogP contribution in [0.3, 0.4) is 0 Å². The Bertz CT molecular complexity index is 461. The van der Waals surface area contributed by atoms with Crippen LogP contribution in [0.5, 0.6) is 5.88 Å². The number of aromatic nitrogens is 2. The molecule has 0 bridgehead atoms. The minimum Gasteiger partial charge on any atom is -0.475 e. The summed E-state index contributed by atoms with van der Waals surface area (Å²) in [4.78, 5) is 8.36. The van der Waals surface area contributed by atoms with Crippen molar-refractivity contribution in [3.63, 3.8) is 0 Å². The minimum absolute atomic E-state index is 0.00697. The standard InChI is InChI=1S/C10H10FN3OS/c11-8-6-13-10(12)14-9(8)15-4-3-7-2-1-5-16-7/h1-2,5-6H,3-4H2,(H2,12,13,14). The molecule has 16 heavy (non-hydrogen) atoms. The van der Waals surface area contributed by atoms with Gasteiger partial charge in [0.25, 0.3) is 5.88 Å². The molecular formula is C10H10FN3OS. The van der Waals surface area contributed by atoms with E-state index in [0.29, 0.717) is 6.61 Å². The van der Waals surface area contributed by atoms with Crippen molar-refractivity contribution >= 4 is 17.3 Å². The molecule has 0 fully saturated rings. The highest BCUT2D eigenvalue weighted by Crippen LogP contribution is 2.14. The Morgan fingerprint density at radius 3 is 3.12 bits per heavy atom. The van der Waals surface area contributed by atoms with Gasteiger partial charge in [0.05, 0.1) is 12.8 Å². The topological polar surface area (TPSA) is 61.0 Å². The van der Waals surface area contributed by atoms with E-state index in [4.69, 9.17) is 10.5 Å². The van der Waals surface area contributed by atoms with Gasteiger partial charge in [0.1, 0.15) is 0 Å². The summed E-state index contributed by atoms with van der Waals surface area (Å²) in [6, 6.07) is 3.96. The number of nitrogens with zero attached hydrogens (tertiary/aromatic N) is 2. The Morgan fingerprint density at radius 2 is 2.38 bits per heavy atom. The molecule has 2 aromatic rings. The van der Waals surface area contributed by atoms with Gasteiger partial charge in [-0.1, -0.05) is 6.07 Å². The van der Waals surface area contributed by atoms with Crippen LogP contribution in [0.15, 0.2) is 23.7 Å². The molecule has 0 spiro atoms. The lowest BCUT2D eigenvalue weighted by atomic mass is 10.4. The third-order valence-electron chi connectivity index (χ3n) is 1.90. The smallest absolute Gasteiger partial charge is 0.255 e. The molecule has 0 radical (unpaired) electrons. The number of anilines is 1. The van der Waals surface area contributed by atoms with Crippen LogP contribution in [0, 0.1) is 5.82 Å². The average molecular weight is 239 g/mol. The first-order chi connectivity index (χ1) is 7.75. The molecule has 2 heterocycles. The van der Waals surface area contributed by atoms with Crippen molar-refractivity contribution < 1.29 is 9.13 Å². The Labute approximate surface area is 95.9 Å². The van der Waals surface area contributed by atoms with Crippen LogP contribution in [0.25, 0.3) is 0 Å². The quantitative estimate of drug-likeness (QED) is 0.885. The maximum absolute atomic E-state index is 13.1. The molecule has 0 saturated heterocycles. The molecule has 4 nitrogen and oxygen atoms in total. The summed E-state index contributed by atoms with van der Waals surface area (Å²) in [6.45, 7) is 0.369. The molecule has 0 aliphatic heterocycles. The van der Waals surface area contributed by atoms with Gasteiger partial charge in [-0.05, 0) is 11.4 Å². The summed E-state index contributed by atoms with van der Waals surface area (Å²) in [5.74, 6) is -0.683. The predicted molar refractivity (Wildman–Crippen MR) is 59.9 cm³/mol. The van der Waals surface area contributed by atoms with E-state index in [9.17, 15) is 4.39 Å². The van der Waals surface area contributed by atoms with Crippen molar-refractivity contribution in [1.29, 1.82) is 0 Å². The molecule has 0 amide bonds. The molecule has 84 valence electrons. The summed E-state index contributed by atoms with van der Waals surface area (Å²) in [5, 5.41) is 1.98. The highest BCUT2D eigenvalue weighted by Gasteiger charge is 2.06. The Hall–Kier alpha value is -1.69. The second-order valence-electron chi connectivity index (χ2n) is 3.06. The number of nitrogen functional groups attached to an aromatic ring is 1. The van der Waals surface area contributed by atoms with Gasteiger partial charge < -0.3 is 10.5 Å².